The highest BCUT2D eigenvalue weighted by atomic mass is 32.2. The number of urea groups is 1. The first-order chi connectivity index (χ1) is 11.6. The van der Waals surface area contributed by atoms with Crippen molar-refractivity contribution in [2.24, 2.45) is 0 Å². The molecule has 0 aliphatic heterocycles. The van der Waals surface area contributed by atoms with Crippen molar-refractivity contribution in [3.63, 3.8) is 0 Å². The van der Waals surface area contributed by atoms with Crippen molar-refractivity contribution in [3.8, 4) is 0 Å². The maximum Gasteiger partial charge on any atom is 0.318 e. The van der Waals surface area contributed by atoms with Gasteiger partial charge >= 0.3 is 6.03 Å². The van der Waals surface area contributed by atoms with Gasteiger partial charge in [-0.25, -0.2) is 13.2 Å². The van der Waals surface area contributed by atoms with Gasteiger partial charge in [0.15, 0.2) is 0 Å². The van der Waals surface area contributed by atoms with Gasteiger partial charge in [-0.05, 0) is 47.4 Å². The van der Waals surface area contributed by atoms with E-state index in [0.29, 0.717) is 11.4 Å². The van der Waals surface area contributed by atoms with E-state index >= 15 is 0 Å². The Morgan fingerprint density at radius 3 is 1.88 bits per heavy atom. The zero-order chi connectivity index (χ0) is 18.7. The molecule has 0 bridgehead atoms. The molecule has 6 nitrogen and oxygen atoms in total. The predicted molar refractivity (Wildman–Crippen MR) is 100 cm³/mol. The van der Waals surface area contributed by atoms with Crippen molar-refractivity contribution in [1.29, 1.82) is 0 Å². The highest BCUT2D eigenvalue weighted by Gasteiger charge is 2.17. The highest BCUT2D eigenvalue weighted by Crippen LogP contribution is 2.24. The molecule has 3 N–H and O–H groups in total. The van der Waals surface area contributed by atoms with Crippen molar-refractivity contribution in [3.05, 3.63) is 54.1 Å². The minimum atomic E-state index is -3.67. The fourth-order valence-electron chi connectivity index (χ4n) is 2.16. The van der Waals surface area contributed by atoms with Crippen LogP contribution in [0.15, 0.2) is 53.4 Å². The number of amides is 2. The van der Waals surface area contributed by atoms with Crippen LogP contribution in [0.25, 0.3) is 0 Å². The van der Waals surface area contributed by atoms with Crippen LogP contribution >= 0.6 is 0 Å². The van der Waals surface area contributed by atoms with E-state index in [1.807, 2.05) is 12.1 Å². The van der Waals surface area contributed by atoms with Crippen LogP contribution in [0.2, 0.25) is 0 Å². The molecule has 0 radical (unpaired) electrons. The molecule has 0 unspecified atom stereocenters. The number of rotatable bonds is 4. The Bertz CT molecular complexity index is 837. The molecule has 134 valence electrons. The van der Waals surface area contributed by atoms with Gasteiger partial charge in [0.05, 0.1) is 4.90 Å². The Labute approximate surface area is 148 Å². The molecule has 2 aromatic carbocycles. The maximum atomic E-state index is 12.5. The predicted octanol–water partition coefficient (Wildman–Crippen LogP) is 3.54. The van der Waals surface area contributed by atoms with Crippen molar-refractivity contribution in [2.75, 3.05) is 17.1 Å². The summed E-state index contributed by atoms with van der Waals surface area (Å²) in [6.45, 7) is 6.22. The number of hydrogen-bond donors (Lipinski definition) is 3. The Balaban J connectivity index is 2.14. The number of carbonyl (C=O) groups excluding carboxylic acids is 1. The molecule has 2 aromatic rings. The molecule has 0 atom stereocenters. The van der Waals surface area contributed by atoms with E-state index in [4.69, 9.17) is 0 Å². The number of sulfonamides is 1. The van der Waals surface area contributed by atoms with Crippen molar-refractivity contribution >= 4 is 27.4 Å². The lowest BCUT2D eigenvalue weighted by Crippen LogP contribution is -2.24. The van der Waals surface area contributed by atoms with Crippen molar-refractivity contribution < 1.29 is 13.2 Å². The first kappa shape index (κ1) is 18.8. The summed E-state index contributed by atoms with van der Waals surface area (Å²) in [4.78, 5) is 11.4. The van der Waals surface area contributed by atoms with E-state index in [9.17, 15) is 13.2 Å². The molecule has 0 spiro atoms. The molecular weight excluding hydrogens is 338 g/mol. The zero-order valence-electron chi connectivity index (χ0n) is 14.8. The first-order valence-corrected chi connectivity index (χ1v) is 9.32. The second-order valence-corrected chi connectivity index (χ2v) is 8.34. The van der Waals surface area contributed by atoms with Gasteiger partial charge in [-0.15, -0.1) is 0 Å². The number of benzene rings is 2. The largest absolute Gasteiger partial charge is 0.341 e. The van der Waals surface area contributed by atoms with Crippen LogP contribution < -0.4 is 15.4 Å². The maximum absolute atomic E-state index is 12.5. The number of hydrogen-bond acceptors (Lipinski definition) is 3. The van der Waals surface area contributed by atoms with Crippen molar-refractivity contribution in [2.45, 2.75) is 31.1 Å². The van der Waals surface area contributed by atoms with Crippen LogP contribution in [0.5, 0.6) is 0 Å². The van der Waals surface area contributed by atoms with E-state index in [0.717, 1.165) is 5.56 Å². The Hall–Kier alpha value is -2.54. The smallest absolute Gasteiger partial charge is 0.318 e. The third-order valence-corrected chi connectivity index (χ3v) is 5.05. The van der Waals surface area contributed by atoms with Crippen LogP contribution in [0.1, 0.15) is 26.3 Å². The quantitative estimate of drug-likeness (QED) is 0.778. The van der Waals surface area contributed by atoms with E-state index in [1.165, 1.54) is 7.05 Å². The topological polar surface area (TPSA) is 87.3 Å². The van der Waals surface area contributed by atoms with Gasteiger partial charge in [-0.3, -0.25) is 4.72 Å². The monoisotopic (exact) mass is 361 g/mol. The number of nitrogens with one attached hydrogen (secondary N) is 3. The Morgan fingerprint density at radius 2 is 1.40 bits per heavy atom. The first-order valence-electron chi connectivity index (χ1n) is 7.84. The second kappa shape index (κ2) is 7.14. The normalized spacial score (nSPS) is 11.7. The molecule has 2 rings (SSSR count). The Morgan fingerprint density at radius 1 is 0.880 bits per heavy atom. The molecule has 0 saturated carbocycles. The summed E-state index contributed by atoms with van der Waals surface area (Å²) >= 11 is 0. The fourth-order valence-corrected chi connectivity index (χ4v) is 3.22. The molecule has 0 saturated heterocycles. The Kier molecular flexibility index (Phi) is 5.37. The van der Waals surface area contributed by atoms with Crippen molar-refractivity contribution in [1.82, 2.24) is 5.32 Å². The molecule has 0 aliphatic rings. The molecule has 25 heavy (non-hydrogen) atoms. The third-order valence-electron chi connectivity index (χ3n) is 3.65. The number of anilines is 2. The third kappa shape index (κ3) is 4.96. The van der Waals surface area contributed by atoms with E-state index in [1.54, 1.807) is 36.4 Å². The summed E-state index contributed by atoms with van der Waals surface area (Å²) in [5.74, 6) is 0. The fraction of sp³-hybridized carbons (Fsp3) is 0.278. The van der Waals surface area contributed by atoms with Crippen LogP contribution in [0, 0.1) is 0 Å². The van der Waals surface area contributed by atoms with E-state index in [-0.39, 0.29) is 16.3 Å². The lowest BCUT2D eigenvalue weighted by atomic mass is 9.87. The highest BCUT2D eigenvalue weighted by molar-refractivity contribution is 7.92. The van der Waals surface area contributed by atoms with Gasteiger partial charge in [0.1, 0.15) is 0 Å². The lowest BCUT2D eigenvalue weighted by molar-refractivity contribution is 0.254. The summed E-state index contributed by atoms with van der Waals surface area (Å²) < 4.78 is 27.5. The van der Waals surface area contributed by atoms with Crippen LogP contribution in [0.4, 0.5) is 16.2 Å². The second-order valence-electron chi connectivity index (χ2n) is 6.66. The lowest BCUT2D eigenvalue weighted by Gasteiger charge is -2.19. The molecular formula is C18H23N3O3S. The van der Waals surface area contributed by atoms with E-state index in [2.05, 4.69) is 36.1 Å². The minimum Gasteiger partial charge on any atom is -0.341 e. The summed E-state index contributed by atoms with van der Waals surface area (Å²) in [6, 6.07) is 12.9. The number of carbonyl (C=O) groups is 1. The summed E-state index contributed by atoms with van der Waals surface area (Å²) in [6.07, 6.45) is 0. The summed E-state index contributed by atoms with van der Waals surface area (Å²) in [7, 11) is -2.15. The van der Waals surface area contributed by atoms with Gasteiger partial charge in [0.25, 0.3) is 10.0 Å². The SMILES string of the molecule is CNC(=O)Nc1ccc(NS(=O)(=O)c2ccc(C(C)(C)C)cc2)cc1. The molecule has 0 aliphatic carbocycles. The van der Waals surface area contributed by atoms with Gasteiger partial charge in [-0.1, -0.05) is 32.9 Å². The summed E-state index contributed by atoms with van der Waals surface area (Å²) in [5, 5.41) is 5.05. The summed E-state index contributed by atoms with van der Waals surface area (Å²) in [5.41, 5.74) is 2.01. The van der Waals surface area contributed by atoms with Gasteiger partial charge < -0.3 is 10.6 Å². The average molecular weight is 361 g/mol. The van der Waals surface area contributed by atoms with Crippen LogP contribution in [-0.2, 0) is 15.4 Å². The molecule has 2 amide bonds. The van der Waals surface area contributed by atoms with Crippen LogP contribution in [-0.4, -0.2) is 21.5 Å². The molecule has 0 fully saturated rings. The zero-order valence-corrected chi connectivity index (χ0v) is 15.6. The minimum absolute atomic E-state index is 0.0384. The van der Waals surface area contributed by atoms with Crippen LogP contribution in [0.3, 0.4) is 0 Å². The molecule has 0 aromatic heterocycles. The average Bonchev–Trinajstić information content (AvgIpc) is 2.55. The molecule has 7 heteroatoms. The van der Waals surface area contributed by atoms with E-state index < -0.39 is 10.0 Å². The van der Waals surface area contributed by atoms with Gasteiger partial charge in [0.2, 0.25) is 0 Å². The van der Waals surface area contributed by atoms with Gasteiger partial charge in [0, 0.05) is 18.4 Å². The molecule has 0 heterocycles. The standard InChI is InChI=1S/C18H23N3O3S/c1-18(2,3)13-5-11-16(12-6-13)25(23,24)21-15-9-7-14(8-10-15)20-17(22)19-4/h5-12,21H,1-4H3,(H2,19,20,22). The van der Waals surface area contributed by atoms with Gasteiger partial charge in [-0.2, -0.15) is 0 Å².